The van der Waals surface area contributed by atoms with Gasteiger partial charge in [0.2, 0.25) is 0 Å². The van der Waals surface area contributed by atoms with E-state index < -0.39 is 6.10 Å². The fourth-order valence-corrected chi connectivity index (χ4v) is 5.44. The number of aliphatic hydroxyl groups is 1. The number of piperidine rings is 1. The molecule has 8 nitrogen and oxygen atoms in total. The first-order valence-electron chi connectivity index (χ1n) is 13.6. The van der Waals surface area contributed by atoms with Crippen molar-refractivity contribution in [2.45, 2.75) is 44.4 Å². The van der Waals surface area contributed by atoms with Crippen LogP contribution >= 0.6 is 0 Å². The Kier molecular flexibility index (Phi) is 8.63. The largest absolute Gasteiger partial charge is 0.390 e. The number of rotatable bonds is 9. The van der Waals surface area contributed by atoms with Gasteiger partial charge in [-0.2, -0.15) is 0 Å². The molecule has 1 saturated heterocycles. The number of ether oxygens (including phenoxy) is 1. The SMILES string of the molecule is COCCCCNc1cc(C(=O)N2CC[C@@H](N3CCc4ccccc4C3)[C@H](O)C2)nc(-c2ccccc2)n1. The molecule has 1 aromatic heterocycles. The van der Waals surface area contributed by atoms with Crippen molar-refractivity contribution in [1.29, 1.82) is 0 Å². The van der Waals surface area contributed by atoms with Crippen molar-refractivity contribution in [2.24, 2.45) is 0 Å². The number of β-amino-alcohol motifs (C(OH)–C–C–N with tert-alkyl or cyclic N) is 1. The molecule has 0 radical (unpaired) electrons. The molecule has 3 aromatic rings. The predicted molar refractivity (Wildman–Crippen MR) is 148 cm³/mol. The van der Waals surface area contributed by atoms with Gasteiger partial charge in [-0.05, 0) is 36.8 Å². The minimum atomic E-state index is -0.605. The van der Waals surface area contributed by atoms with Gasteiger partial charge in [0.25, 0.3) is 5.91 Å². The van der Waals surface area contributed by atoms with Crippen LogP contribution in [0.4, 0.5) is 5.82 Å². The average molecular weight is 516 g/mol. The standard InChI is InChI=1S/C30H37N5O3/c1-38-18-8-7-15-31-28-19-25(32-29(33-28)23-10-3-2-4-11-23)30(37)35-17-14-26(27(36)21-35)34-16-13-22-9-5-6-12-24(22)20-34/h2-6,9-12,19,26-27,36H,7-8,13-18,20-21H2,1H3,(H,31,32,33)/t26-,27-/m1/s1. The summed E-state index contributed by atoms with van der Waals surface area (Å²) in [4.78, 5) is 27.0. The molecular weight excluding hydrogens is 478 g/mol. The number of nitrogens with one attached hydrogen (secondary N) is 1. The highest BCUT2D eigenvalue weighted by Crippen LogP contribution is 2.26. The fraction of sp³-hybridized carbons (Fsp3) is 0.433. The number of aliphatic hydroxyl groups excluding tert-OH is 1. The molecule has 2 aliphatic heterocycles. The van der Waals surface area contributed by atoms with Crippen LogP contribution in [-0.4, -0.2) is 82.8 Å². The highest BCUT2D eigenvalue weighted by molar-refractivity contribution is 5.93. The maximum atomic E-state index is 13.6. The number of amides is 1. The maximum absolute atomic E-state index is 13.6. The zero-order valence-electron chi connectivity index (χ0n) is 22.1. The molecule has 2 atom stereocenters. The summed E-state index contributed by atoms with van der Waals surface area (Å²) in [5.41, 5.74) is 3.93. The fourth-order valence-electron chi connectivity index (χ4n) is 5.44. The molecule has 2 N–H and O–H groups in total. The van der Waals surface area contributed by atoms with Crippen LogP contribution in [-0.2, 0) is 17.7 Å². The van der Waals surface area contributed by atoms with E-state index in [1.807, 2.05) is 30.3 Å². The molecule has 38 heavy (non-hydrogen) atoms. The van der Waals surface area contributed by atoms with Gasteiger partial charge in [-0.1, -0.05) is 54.6 Å². The summed E-state index contributed by atoms with van der Waals surface area (Å²) in [5.74, 6) is 0.966. The molecule has 1 amide bonds. The zero-order valence-corrected chi connectivity index (χ0v) is 22.1. The van der Waals surface area contributed by atoms with Gasteiger partial charge in [-0.3, -0.25) is 9.69 Å². The van der Waals surface area contributed by atoms with Crippen molar-refractivity contribution >= 4 is 11.7 Å². The summed E-state index contributed by atoms with van der Waals surface area (Å²) < 4.78 is 5.13. The van der Waals surface area contributed by atoms with Crippen LogP contribution < -0.4 is 5.32 Å². The minimum Gasteiger partial charge on any atom is -0.390 e. The first kappa shape index (κ1) is 26.3. The van der Waals surface area contributed by atoms with Gasteiger partial charge in [0.1, 0.15) is 11.5 Å². The van der Waals surface area contributed by atoms with Crippen LogP contribution in [0.25, 0.3) is 11.4 Å². The van der Waals surface area contributed by atoms with Crippen molar-refractivity contribution in [2.75, 3.05) is 45.2 Å². The van der Waals surface area contributed by atoms with Gasteiger partial charge in [-0.15, -0.1) is 0 Å². The van der Waals surface area contributed by atoms with Gasteiger partial charge >= 0.3 is 0 Å². The Balaban J connectivity index is 1.28. The Labute approximate surface area is 224 Å². The van der Waals surface area contributed by atoms with Crippen molar-refractivity contribution < 1.29 is 14.6 Å². The molecule has 1 fully saturated rings. The van der Waals surface area contributed by atoms with Crippen molar-refractivity contribution in [3.63, 3.8) is 0 Å². The van der Waals surface area contributed by atoms with Crippen LogP contribution in [0.15, 0.2) is 60.7 Å². The van der Waals surface area contributed by atoms with E-state index in [1.165, 1.54) is 11.1 Å². The molecule has 0 unspecified atom stereocenters. The maximum Gasteiger partial charge on any atom is 0.272 e. The number of carbonyl (C=O) groups excluding carboxylic acids is 1. The van der Waals surface area contributed by atoms with Crippen molar-refractivity contribution in [3.05, 3.63) is 77.5 Å². The lowest BCUT2D eigenvalue weighted by Crippen LogP contribution is -2.56. The molecule has 200 valence electrons. The van der Waals surface area contributed by atoms with Crippen LogP contribution in [0, 0.1) is 0 Å². The van der Waals surface area contributed by atoms with Crippen LogP contribution in [0.2, 0.25) is 0 Å². The Bertz CT molecular complexity index is 1220. The summed E-state index contributed by atoms with van der Waals surface area (Å²) in [7, 11) is 1.70. The van der Waals surface area contributed by atoms with Gasteiger partial charge in [0.15, 0.2) is 5.82 Å². The minimum absolute atomic E-state index is 0.0435. The zero-order chi connectivity index (χ0) is 26.3. The molecule has 8 heteroatoms. The molecule has 0 aliphatic carbocycles. The molecule has 2 aromatic carbocycles. The summed E-state index contributed by atoms with van der Waals surface area (Å²) in [6, 6.07) is 20.0. The quantitative estimate of drug-likeness (QED) is 0.421. The van der Waals surface area contributed by atoms with E-state index in [0.717, 1.165) is 50.9 Å². The summed E-state index contributed by atoms with van der Waals surface area (Å²) in [6.07, 6.45) is 3.00. The number of hydrogen-bond acceptors (Lipinski definition) is 7. The van der Waals surface area contributed by atoms with Crippen molar-refractivity contribution in [1.82, 2.24) is 19.8 Å². The number of anilines is 1. The van der Waals surface area contributed by atoms with Gasteiger partial charge in [0, 0.05) is 64.1 Å². The molecule has 0 saturated carbocycles. The number of hydrogen-bond donors (Lipinski definition) is 2. The lowest BCUT2D eigenvalue weighted by Gasteiger charge is -2.43. The molecule has 0 spiro atoms. The van der Waals surface area contributed by atoms with E-state index in [-0.39, 0.29) is 11.9 Å². The van der Waals surface area contributed by atoms with E-state index >= 15 is 0 Å². The topological polar surface area (TPSA) is 90.8 Å². The lowest BCUT2D eigenvalue weighted by atomic mass is 9.94. The number of benzene rings is 2. The summed E-state index contributed by atoms with van der Waals surface area (Å²) in [6.45, 7) is 4.10. The molecule has 5 rings (SSSR count). The van der Waals surface area contributed by atoms with Gasteiger partial charge in [0.05, 0.1) is 6.10 Å². The van der Waals surface area contributed by atoms with Gasteiger partial charge in [-0.25, -0.2) is 9.97 Å². The molecule has 0 bridgehead atoms. The smallest absolute Gasteiger partial charge is 0.272 e. The Hall–Kier alpha value is -3.33. The van der Waals surface area contributed by atoms with Crippen LogP contribution in [0.5, 0.6) is 0 Å². The Morgan fingerprint density at radius 2 is 1.84 bits per heavy atom. The first-order valence-corrected chi connectivity index (χ1v) is 13.6. The van der Waals surface area contributed by atoms with E-state index in [2.05, 4.69) is 44.5 Å². The Morgan fingerprint density at radius 1 is 1.05 bits per heavy atom. The normalized spacial score (nSPS) is 19.7. The number of carbonyl (C=O) groups is 1. The van der Waals surface area contributed by atoms with E-state index in [4.69, 9.17) is 4.74 Å². The van der Waals surface area contributed by atoms with E-state index in [1.54, 1.807) is 18.1 Å². The third-order valence-electron chi connectivity index (χ3n) is 7.52. The second-order valence-electron chi connectivity index (χ2n) is 10.1. The molecular formula is C30H37N5O3. The highest BCUT2D eigenvalue weighted by atomic mass is 16.5. The number of nitrogens with zero attached hydrogens (tertiary/aromatic N) is 4. The highest BCUT2D eigenvalue weighted by Gasteiger charge is 2.35. The van der Waals surface area contributed by atoms with E-state index in [0.29, 0.717) is 37.0 Å². The summed E-state index contributed by atoms with van der Waals surface area (Å²) >= 11 is 0. The summed E-state index contributed by atoms with van der Waals surface area (Å²) in [5, 5.41) is 14.5. The second kappa shape index (κ2) is 12.5. The first-order chi connectivity index (χ1) is 18.6. The third kappa shape index (κ3) is 6.20. The van der Waals surface area contributed by atoms with Crippen LogP contribution in [0.3, 0.4) is 0 Å². The lowest BCUT2D eigenvalue weighted by molar-refractivity contribution is -0.0139. The third-order valence-corrected chi connectivity index (χ3v) is 7.52. The number of methoxy groups -OCH3 is 1. The Morgan fingerprint density at radius 3 is 2.63 bits per heavy atom. The number of unbranched alkanes of at least 4 members (excludes halogenated alkanes) is 1. The second-order valence-corrected chi connectivity index (χ2v) is 10.1. The van der Waals surface area contributed by atoms with Gasteiger partial charge < -0.3 is 20.1 Å². The average Bonchev–Trinajstić information content (AvgIpc) is 2.96. The number of fused-ring (bicyclic) bond motifs is 1. The monoisotopic (exact) mass is 515 g/mol. The van der Waals surface area contributed by atoms with Crippen molar-refractivity contribution in [3.8, 4) is 11.4 Å². The van der Waals surface area contributed by atoms with E-state index in [9.17, 15) is 9.90 Å². The number of aromatic nitrogens is 2. The number of likely N-dealkylation sites (tertiary alicyclic amines) is 1. The molecule has 3 heterocycles. The molecule has 2 aliphatic rings. The van der Waals surface area contributed by atoms with Crippen LogP contribution in [0.1, 0.15) is 40.9 Å². The predicted octanol–water partition coefficient (Wildman–Crippen LogP) is 3.62.